The van der Waals surface area contributed by atoms with Gasteiger partial charge in [-0.3, -0.25) is 4.79 Å². The topological polar surface area (TPSA) is 48.1 Å². The Bertz CT molecular complexity index is 1220. The van der Waals surface area contributed by atoms with Crippen LogP contribution in [0.5, 0.6) is 0 Å². The second kappa shape index (κ2) is 9.20. The van der Waals surface area contributed by atoms with Gasteiger partial charge in [0.2, 0.25) is 0 Å². The van der Waals surface area contributed by atoms with Crippen molar-refractivity contribution < 1.29 is 4.79 Å². The summed E-state index contributed by atoms with van der Waals surface area (Å²) in [6, 6.07) is 13.9. The molecule has 2 aromatic carbocycles. The van der Waals surface area contributed by atoms with E-state index in [-0.39, 0.29) is 5.91 Å². The van der Waals surface area contributed by atoms with Crippen LogP contribution in [0, 0.1) is 0 Å². The van der Waals surface area contributed by atoms with Gasteiger partial charge in [0.25, 0.3) is 5.91 Å². The van der Waals surface area contributed by atoms with Crippen LogP contribution in [0.4, 0.5) is 5.69 Å². The van der Waals surface area contributed by atoms with Crippen LogP contribution in [-0.4, -0.2) is 36.4 Å². The fourth-order valence-electron chi connectivity index (χ4n) is 5.16. The first kappa shape index (κ1) is 22.0. The largest absolute Gasteiger partial charge is 0.358 e. The highest BCUT2D eigenvalue weighted by molar-refractivity contribution is 6.36. The minimum absolute atomic E-state index is 0.0433. The smallest absolute Gasteiger partial charge is 0.256 e. The second-order valence-corrected chi connectivity index (χ2v) is 9.77. The minimum atomic E-state index is -0.0433. The van der Waals surface area contributed by atoms with Gasteiger partial charge in [-0.2, -0.15) is 0 Å². The van der Waals surface area contributed by atoms with Crippen LogP contribution in [0.15, 0.2) is 42.5 Å². The Morgan fingerprint density at radius 2 is 1.85 bits per heavy atom. The molecule has 1 aliphatic carbocycles. The highest BCUT2D eigenvalue weighted by atomic mass is 35.5. The number of anilines is 1. The summed E-state index contributed by atoms with van der Waals surface area (Å²) in [5.41, 5.74) is 9.99. The summed E-state index contributed by atoms with van der Waals surface area (Å²) >= 11 is 6.12. The Balaban J connectivity index is 1.59. The molecule has 33 heavy (non-hydrogen) atoms. The number of aromatic amines is 1. The van der Waals surface area contributed by atoms with Gasteiger partial charge in [0.05, 0.1) is 5.57 Å². The Morgan fingerprint density at radius 1 is 1.06 bits per heavy atom. The number of aromatic nitrogens is 1. The van der Waals surface area contributed by atoms with Crippen molar-refractivity contribution in [2.24, 2.45) is 0 Å². The summed E-state index contributed by atoms with van der Waals surface area (Å²) in [7, 11) is 4.24. The summed E-state index contributed by atoms with van der Waals surface area (Å²) < 4.78 is 0. The first-order chi connectivity index (χ1) is 16.0. The van der Waals surface area contributed by atoms with Crippen LogP contribution >= 0.6 is 11.6 Å². The first-order valence-electron chi connectivity index (χ1n) is 11.8. The Morgan fingerprint density at radius 3 is 2.64 bits per heavy atom. The number of carbonyl (C=O) groups excluding carboxylic acids is 1. The lowest BCUT2D eigenvalue weighted by atomic mass is 9.91. The molecule has 2 aliphatic rings. The number of nitrogens with zero attached hydrogens (tertiary/aromatic N) is 1. The van der Waals surface area contributed by atoms with Gasteiger partial charge < -0.3 is 15.2 Å². The molecule has 2 N–H and O–H groups in total. The lowest BCUT2D eigenvalue weighted by Crippen LogP contribution is -2.14. The third kappa shape index (κ3) is 4.38. The van der Waals surface area contributed by atoms with E-state index < -0.39 is 0 Å². The Kier molecular flexibility index (Phi) is 6.13. The number of rotatable bonds is 6. The molecule has 5 rings (SSSR count). The monoisotopic (exact) mass is 459 g/mol. The fourth-order valence-corrected chi connectivity index (χ4v) is 5.29. The molecule has 0 saturated heterocycles. The van der Waals surface area contributed by atoms with E-state index in [9.17, 15) is 4.79 Å². The summed E-state index contributed by atoms with van der Waals surface area (Å²) in [5.74, 6) is -0.0433. The van der Waals surface area contributed by atoms with Crippen molar-refractivity contribution in [2.45, 2.75) is 38.5 Å². The van der Waals surface area contributed by atoms with Crippen LogP contribution in [0.25, 0.3) is 22.8 Å². The van der Waals surface area contributed by atoms with Gasteiger partial charge in [0.15, 0.2) is 0 Å². The SMILES string of the molecule is CN(C)CCCc1c(/C=C2\C(=O)Nc3cccc(-c4ccc(Cl)cc4)c32)[nH]c2c1CCCC2. The number of H-pyrrole nitrogens is 1. The van der Waals surface area contributed by atoms with E-state index in [1.165, 1.54) is 29.7 Å². The number of amides is 1. The third-order valence-corrected chi connectivity index (χ3v) is 7.00. The molecule has 1 aliphatic heterocycles. The predicted molar refractivity (Wildman–Crippen MR) is 138 cm³/mol. The van der Waals surface area contributed by atoms with E-state index in [1.54, 1.807) is 0 Å². The van der Waals surface area contributed by atoms with E-state index in [2.05, 4.69) is 41.4 Å². The van der Waals surface area contributed by atoms with E-state index in [0.29, 0.717) is 5.02 Å². The average molecular weight is 460 g/mol. The van der Waals surface area contributed by atoms with E-state index in [0.717, 1.165) is 65.9 Å². The zero-order chi connectivity index (χ0) is 22.9. The molecule has 4 nitrogen and oxygen atoms in total. The van der Waals surface area contributed by atoms with Crippen molar-refractivity contribution in [3.05, 3.63) is 75.6 Å². The van der Waals surface area contributed by atoms with Crippen molar-refractivity contribution in [3.8, 4) is 11.1 Å². The number of hydrogen-bond donors (Lipinski definition) is 2. The Hall–Kier alpha value is -2.82. The molecule has 170 valence electrons. The van der Waals surface area contributed by atoms with Crippen molar-refractivity contribution in [2.75, 3.05) is 26.0 Å². The quantitative estimate of drug-likeness (QED) is 0.431. The zero-order valence-corrected chi connectivity index (χ0v) is 20.1. The van der Waals surface area contributed by atoms with Crippen molar-refractivity contribution in [1.29, 1.82) is 0 Å². The van der Waals surface area contributed by atoms with Gasteiger partial charge in [-0.1, -0.05) is 35.9 Å². The lowest BCUT2D eigenvalue weighted by molar-refractivity contribution is -0.110. The minimum Gasteiger partial charge on any atom is -0.358 e. The molecular weight excluding hydrogens is 430 g/mol. The third-order valence-electron chi connectivity index (χ3n) is 6.75. The fraction of sp³-hybridized carbons (Fsp3) is 0.321. The standard InChI is InChI=1S/C28H30ClN3O/c1-32(2)16-6-9-22-21-7-3-4-10-24(21)30-26(22)17-23-27-20(18-12-14-19(29)15-13-18)8-5-11-25(27)31-28(23)33/h5,8,11-15,17,30H,3-4,6-7,9-10,16H2,1-2H3,(H,31,33)/b23-17-. The zero-order valence-electron chi connectivity index (χ0n) is 19.3. The van der Waals surface area contributed by atoms with Gasteiger partial charge in [-0.15, -0.1) is 0 Å². The molecule has 0 spiro atoms. The summed E-state index contributed by atoms with van der Waals surface area (Å²) in [6.07, 6.45) is 8.91. The molecule has 1 aromatic heterocycles. The molecule has 0 unspecified atom stereocenters. The number of hydrogen-bond acceptors (Lipinski definition) is 2. The van der Waals surface area contributed by atoms with E-state index >= 15 is 0 Å². The van der Waals surface area contributed by atoms with Crippen molar-refractivity contribution in [1.82, 2.24) is 9.88 Å². The van der Waals surface area contributed by atoms with Crippen LogP contribution < -0.4 is 5.32 Å². The molecule has 2 heterocycles. The number of fused-ring (bicyclic) bond motifs is 2. The summed E-state index contributed by atoms with van der Waals surface area (Å²) in [5, 5.41) is 3.78. The van der Waals surface area contributed by atoms with Gasteiger partial charge >= 0.3 is 0 Å². The molecule has 3 aromatic rings. The summed E-state index contributed by atoms with van der Waals surface area (Å²) in [4.78, 5) is 19.0. The number of aryl methyl sites for hydroxylation is 1. The number of nitrogens with one attached hydrogen (secondary N) is 2. The van der Waals surface area contributed by atoms with Gasteiger partial charge in [-0.25, -0.2) is 0 Å². The first-order valence-corrected chi connectivity index (χ1v) is 12.2. The molecule has 0 saturated carbocycles. The molecule has 0 atom stereocenters. The normalized spacial score (nSPS) is 16.2. The van der Waals surface area contributed by atoms with Gasteiger partial charge in [-0.05, 0) is 106 Å². The maximum absolute atomic E-state index is 13.1. The Labute approximate surface area is 200 Å². The van der Waals surface area contributed by atoms with Crippen molar-refractivity contribution >= 4 is 34.8 Å². The van der Waals surface area contributed by atoms with E-state index in [1.807, 2.05) is 36.4 Å². The second-order valence-electron chi connectivity index (χ2n) is 9.34. The number of carbonyl (C=O) groups is 1. The highest BCUT2D eigenvalue weighted by Gasteiger charge is 2.28. The van der Waals surface area contributed by atoms with Crippen LogP contribution in [0.2, 0.25) is 5.02 Å². The molecule has 1 amide bonds. The number of halogens is 1. The molecule has 5 heteroatoms. The van der Waals surface area contributed by atoms with Crippen LogP contribution in [0.3, 0.4) is 0 Å². The van der Waals surface area contributed by atoms with Crippen LogP contribution in [0.1, 0.15) is 47.3 Å². The number of benzene rings is 2. The van der Waals surface area contributed by atoms with Gasteiger partial charge in [0, 0.05) is 27.7 Å². The maximum Gasteiger partial charge on any atom is 0.256 e. The molecule has 0 fully saturated rings. The molecule has 0 bridgehead atoms. The van der Waals surface area contributed by atoms with E-state index in [4.69, 9.17) is 11.6 Å². The average Bonchev–Trinajstić information content (AvgIpc) is 3.31. The molecule has 0 radical (unpaired) electrons. The lowest BCUT2D eigenvalue weighted by Gasteiger charge is -2.14. The highest BCUT2D eigenvalue weighted by Crippen LogP contribution is 2.41. The van der Waals surface area contributed by atoms with Crippen molar-refractivity contribution in [3.63, 3.8) is 0 Å². The molecular formula is C28H30ClN3O. The predicted octanol–water partition coefficient (Wildman–Crippen LogP) is 6.20. The maximum atomic E-state index is 13.1. The van der Waals surface area contributed by atoms with Crippen LogP contribution in [-0.2, 0) is 24.1 Å². The van der Waals surface area contributed by atoms with Gasteiger partial charge in [0.1, 0.15) is 0 Å². The summed E-state index contributed by atoms with van der Waals surface area (Å²) in [6.45, 7) is 1.06.